The number of amides is 1. The summed E-state index contributed by atoms with van der Waals surface area (Å²) in [5.41, 5.74) is -0.833. The monoisotopic (exact) mass is 380 g/mol. The van der Waals surface area contributed by atoms with E-state index in [1.807, 2.05) is 0 Å². The SMILES string of the molecule is COc1ccc([N+](=O)[O-])cc1NC(=O)C(C)OC(=O)c1ccc(F)cc1F. The first-order valence-corrected chi connectivity index (χ1v) is 7.52. The van der Waals surface area contributed by atoms with Crippen molar-refractivity contribution in [2.24, 2.45) is 0 Å². The molecule has 0 aliphatic rings. The third-order valence-corrected chi connectivity index (χ3v) is 3.46. The molecule has 2 aromatic rings. The Morgan fingerprint density at radius 3 is 2.48 bits per heavy atom. The molecule has 8 nitrogen and oxygen atoms in total. The summed E-state index contributed by atoms with van der Waals surface area (Å²) in [5.74, 6) is -3.84. The highest BCUT2D eigenvalue weighted by molar-refractivity contribution is 5.98. The Morgan fingerprint density at radius 2 is 1.89 bits per heavy atom. The number of rotatable bonds is 6. The number of hydrogen-bond acceptors (Lipinski definition) is 6. The van der Waals surface area contributed by atoms with Crippen molar-refractivity contribution < 1.29 is 32.8 Å². The molecule has 0 spiro atoms. The Morgan fingerprint density at radius 1 is 1.19 bits per heavy atom. The summed E-state index contributed by atoms with van der Waals surface area (Å²) in [5, 5.41) is 13.2. The summed E-state index contributed by atoms with van der Waals surface area (Å²) in [7, 11) is 1.30. The molecule has 0 aromatic heterocycles. The van der Waals surface area contributed by atoms with E-state index < -0.39 is 40.1 Å². The predicted molar refractivity (Wildman–Crippen MR) is 89.5 cm³/mol. The first kappa shape index (κ1) is 19.8. The van der Waals surface area contributed by atoms with Gasteiger partial charge in [-0.25, -0.2) is 13.6 Å². The molecule has 0 saturated carbocycles. The van der Waals surface area contributed by atoms with E-state index in [9.17, 15) is 28.5 Å². The molecule has 2 aromatic carbocycles. The number of esters is 1. The van der Waals surface area contributed by atoms with Crippen LogP contribution in [-0.4, -0.2) is 30.0 Å². The van der Waals surface area contributed by atoms with Crippen LogP contribution in [0.2, 0.25) is 0 Å². The zero-order chi connectivity index (χ0) is 20.1. The number of anilines is 1. The largest absolute Gasteiger partial charge is 0.495 e. The molecule has 0 aliphatic carbocycles. The second-order valence-electron chi connectivity index (χ2n) is 5.30. The minimum Gasteiger partial charge on any atom is -0.495 e. The highest BCUT2D eigenvalue weighted by Gasteiger charge is 2.23. The number of carbonyl (C=O) groups excluding carboxylic acids is 2. The molecule has 10 heteroatoms. The summed E-state index contributed by atoms with van der Waals surface area (Å²) < 4.78 is 36.3. The Bertz CT molecular complexity index is 903. The first-order valence-electron chi connectivity index (χ1n) is 7.52. The molecule has 0 saturated heterocycles. The Kier molecular flexibility index (Phi) is 6.01. The van der Waals surface area contributed by atoms with Gasteiger partial charge in [-0.1, -0.05) is 0 Å². The quantitative estimate of drug-likeness (QED) is 0.469. The Hall–Kier alpha value is -3.56. The van der Waals surface area contributed by atoms with E-state index in [1.165, 1.54) is 26.2 Å². The topological polar surface area (TPSA) is 108 Å². The van der Waals surface area contributed by atoms with Crippen LogP contribution in [-0.2, 0) is 9.53 Å². The Labute approximate surface area is 151 Å². The number of hydrogen-bond donors (Lipinski definition) is 1. The average molecular weight is 380 g/mol. The van der Waals surface area contributed by atoms with Gasteiger partial charge in [0.15, 0.2) is 6.10 Å². The maximum atomic E-state index is 13.6. The van der Waals surface area contributed by atoms with Gasteiger partial charge in [-0.3, -0.25) is 14.9 Å². The van der Waals surface area contributed by atoms with Gasteiger partial charge in [-0.05, 0) is 25.1 Å². The van der Waals surface area contributed by atoms with Gasteiger partial charge in [0.2, 0.25) is 0 Å². The molecular formula is C17H14F2N2O6. The van der Waals surface area contributed by atoms with Crippen molar-refractivity contribution in [1.29, 1.82) is 0 Å². The number of nitrogens with zero attached hydrogens (tertiary/aromatic N) is 1. The minimum absolute atomic E-state index is 0.00689. The summed E-state index contributed by atoms with van der Waals surface area (Å²) in [6, 6.07) is 5.83. The van der Waals surface area contributed by atoms with Gasteiger partial charge in [-0.2, -0.15) is 0 Å². The van der Waals surface area contributed by atoms with Crippen LogP contribution in [0.5, 0.6) is 5.75 Å². The van der Waals surface area contributed by atoms with Crippen molar-refractivity contribution in [3.63, 3.8) is 0 Å². The van der Waals surface area contributed by atoms with Crippen molar-refractivity contribution in [1.82, 2.24) is 0 Å². The van der Waals surface area contributed by atoms with Crippen LogP contribution >= 0.6 is 0 Å². The lowest BCUT2D eigenvalue weighted by Gasteiger charge is -2.15. The highest BCUT2D eigenvalue weighted by atomic mass is 19.1. The molecule has 1 amide bonds. The van der Waals surface area contributed by atoms with Gasteiger partial charge in [-0.15, -0.1) is 0 Å². The van der Waals surface area contributed by atoms with E-state index >= 15 is 0 Å². The normalized spacial score (nSPS) is 11.4. The molecule has 27 heavy (non-hydrogen) atoms. The molecule has 0 bridgehead atoms. The smallest absolute Gasteiger partial charge is 0.341 e. The second kappa shape index (κ2) is 8.21. The summed E-state index contributed by atoms with van der Waals surface area (Å²) in [6.07, 6.45) is -1.37. The molecule has 1 unspecified atom stereocenters. The van der Waals surface area contributed by atoms with E-state index in [0.717, 1.165) is 18.2 Å². The third-order valence-electron chi connectivity index (χ3n) is 3.46. The molecule has 142 valence electrons. The minimum atomic E-state index is -1.37. The van der Waals surface area contributed by atoms with Crippen LogP contribution in [0.4, 0.5) is 20.2 Å². The number of halogens is 2. The molecule has 2 rings (SSSR count). The van der Waals surface area contributed by atoms with Crippen LogP contribution in [0.3, 0.4) is 0 Å². The van der Waals surface area contributed by atoms with Gasteiger partial charge in [0.1, 0.15) is 17.4 Å². The van der Waals surface area contributed by atoms with Crippen LogP contribution in [0, 0.1) is 21.7 Å². The number of ether oxygens (including phenoxy) is 2. The van der Waals surface area contributed by atoms with E-state index in [0.29, 0.717) is 6.07 Å². The number of carbonyl (C=O) groups is 2. The van der Waals surface area contributed by atoms with Crippen molar-refractivity contribution in [3.8, 4) is 5.75 Å². The molecule has 0 radical (unpaired) electrons. The number of methoxy groups -OCH3 is 1. The first-order chi connectivity index (χ1) is 12.7. The number of nitro groups is 1. The van der Waals surface area contributed by atoms with Crippen molar-refractivity contribution in [3.05, 3.63) is 63.7 Å². The lowest BCUT2D eigenvalue weighted by atomic mass is 10.2. The van der Waals surface area contributed by atoms with E-state index in [-0.39, 0.29) is 17.1 Å². The van der Waals surface area contributed by atoms with Gasteiger partial charge in [0, 0.05) is 18.2 Å². The van der Waals surface area contributed by atoms with Crippen LogP contribution in [0.15, 0.2) is 36.4 Å². The average Bonchev–Trinajstić information content (AvgIpc) is 2.61. The maximum Gasteiger partial charge on any atom is 0.341 e. The van der Waals surface area contributed by atoms with Crippen LogP contribution in [0.1, 0.15) is 17.3 Å². The molecule has 1 N–H and O–H groups in total. The van der Waals surface area contributed by atoms with Gasteiger partial charge >= 0.3 is 5.97 Å². The molecule has 0 aliphatic heterocycles. The van der Waals surface area contributed by atoms with Gasteiger partial charge in [0.25, 0.3) is 11.6 Å². The van der Waals surface area contributed by atoms with Crippen molar-refractivity contribution >= 4 is 23.3 Å². The maximum absolute atomic E-state index is 13.6. The van der Waals surface area contributed by atoms with Crippen molar-refractivity contribution in [2.75, 3.05) is 12.4 Å². The van der Waals surface area contributed by atoms with Gasteiger partial charge < -0.3 is 14.8 Å². The zero-order valence-electron chi connectivity index (χ0n) is 14.2. The summed E-state index contributed by atoms with van der Waals surface area (Å²) >= 11 is 0. The zero-order valence-corrected chi connectivity index (χ0v) is 14.2. The fourth-order valence-corrected chi connectivity index (χ4v) is 2.07. The standard InChI is InChI=1S/C17H14F2N2O6/c1-9(27-17(23)12-5-3-10(18)7-13(12)19)16(22)20-14-8-11(21(24)25)4-6-15(14)26-2/h3-9H,1-2H3,(H,20,22). The molecular weight excluding hydrogens is 366 g/mol. The van der Waals surface area contributed by atoms with Gasteiger partial charge in [0.05, 0.1) is 23.3 Å². The molecule has 1 atom stereocenters. The van der Waals surface area contributed by atoms with E-state index in [2.05, 4.69) is 5.32 Å². The van der Waals surface area contributed by atoms with Crippen LogP contribution < -0.4 is 10.1 Å². The lowest BCUT2D eigenvalue weighted by molar-refractivity contribution is -0.384. The molecule has 0 fully saturated rings. The number of nitro benzene ring substituents is 1. The number of nitrogens with one attached hydrogen (secondary N) is 1. The lowest BCUT2D eigenvalue weighted by Crippen LogP contribution is -2.30. The second-order valence-corrected chi connectivity index (χ2v) is 5.30. The fraction of sp³-hybridized carbons (Fsp3) is 0.176. The van der Waals surface area contributed by atoms with Crippen LogP contribution in [0.25, 0.3) is 0 Å². The molecule has 0 heterocycles. The predicted octanol–water partition coefficient (Wildman–Crippen LogP) is 3.07. The summed E-state index contributed by atoms with van der Waals surface area (Å²) in [4.78, 5) is 34.3. The summed E-state index contributed by atoms with van der Waals surface area (Å²) in [6.45, 7) is 1.22. The fourth-order valence-electron chi connectivity index (χ4n) is 2.07. The third kappa shape index (κ3) is 4.75. The Balaban J connectivity index is 2.12. The van der Waals surface area contributed by atoms with E-state index in [4.69, 9.17) is 9.47 Å². The highest BCUT2D eigenvalue weighted by Crippen LogP contribution is 2.29. The number of non-ortho nitro benzene ring substituents is 1. The number of benzene rings is 2. The van der Waals surface area contributed by atoms with Crippen molar-refractivity contribution in [2.45, 2.75) is 13.0 Å². The van der Waals surface area contributed by atoms with E-state index in [1.54, 1.807) is 0 Å².